The van der Waals surface area contributed by atoms with Crippen molar-refractivity contribution >= 4 is 24.1 Å². The molecular weight excluding hydrogens is 302 g/mol. The average molecular weight is 320 g/mol. The van der Waals surface area contributed by atoms with Gasteiger partial charge >= 0.3 is 0 Å². The Labute approximate surface area is 134 Å². The highest BCUT2D eigenvalue weighted by atomic mass is 35.5. The summed E-state index contributed by atoms with van der Waals surface area (Å²) in [6.07, 6.45) is 6.13. The van der Waals surface area contributed by atoms with Gasteiger partial charge in [-0.05, 0) is 25.0 Å². The van der Waals surface area contributed by atoms with Gasteiger partial charge in [0.05, 0.1) is 11.1 Å². The van der Waals surface area contributed by atoms with Gasteiger partial charge in [-0.2, -0.15) is 4.98 Å². The van der Waals surface area contributed by atoms with E-state index in [1.54, 1.807) is 0 Å². The van der Waals surface area contributed by atoms with Crippen molar-refractivity contribution in [3.05, 3.63) is 41.5 Å². The van der Waals surface area contributed by atoms with Crippen molar-refractivity contribution in [2.75, 3.05) is 6.61 Å². The first-order valence-corrected chi connectivity index (χ1v) is 7.30. The number of para-hydroxylation sites is 1. The largest absolute Gasteiger partial charge is 0.488 e. The Hall–Kier alpha value is -1.85. The van der Waals surface area contributed by atoms with Gasteiger partial charge in [0.15, 0.2) is 5.82 Å². The molecule has 116 valence electrons. The fourth-order valence-corrected chi connectivity index (χ4v) is 3.03. The maximum absolute atomic E-state index is 6.36. The fraction of sp³-hybridized carbons (Fsp3) is 0.375. The summed E-state index contributed by atoms with van der Waals surface area (Å²) in [6.45, 7) is 0.441. The second kappa shape index (κ2) is 5.74. The minimum absolute atomic E-state index is 0. The molecule has 4 rings (SSSR count). The summed E-state index contributed by atoms with van der Waals surface area (Å²) >= 11 is 0. The van der Waals surface area contributed by atoms with Crippen LogP contribution >= 0.6 is 12.4 Å². The lowest BCUT2D eigenvalue weighted by Crippen LogP contribution is -2.34. The van der Waals surface area contributed by atoms with E-state index in [0.29, 0.717) is 18.3 Å². The fourth-order valence-electron chi connectivity index (χ4n) is 3.03. The third-order valence-corrected chi connectivity index (χ3v) is 4.27. The normalized spacial score (nSPS) is 18.9. The van der Waals surface area contributed by atoms with Crippen LogP contribution in [0.2, 0.25) is 0 Å². The van der Waals surface area contributed by atoms with E-state index in [1.807, 2.05) is 30.3 Å². The van der Waals surface area contributed by atoms with Crippen LogP contribution in [0.25, 0.3) is 11.6 Å². The van der Waals surface area contributed by atoms with Crippen molar-refractivity contribution in [2.45, 2.75) is 31.2 Å². The molecule has 2 N–H and O–H groups in total. The number of hydrogen-bond acceptors (Lipinski definition) is 5. The smallest absolute Gasteiger partial charge is 0.257 e. The lowest BCUT2D eigenvalue weighted by Gasteiger charge is -2.18. The molecule has 0 atom stereocenters. The van der Waals surface area contributed by atoms with Crippen molar-refractivity contribution < 1.29 is 9.26 Å². The molecule has 2 aliphatic rings. The molecule has 1 aromatic carbocycles. The number of rotatable bonds is 2. The molecule has 1 aliphatic carbocycles. The van der Waals surface area contributed by atoms with Crippen LogP contribution in [0.3, 0.4) is 0 Å². The maximum Gasteiger partial charge on any atom is 0.257 e. The maximum atomic E-state index is 6.36. The van der Waals surface area contributed by atoms with Crippen LogP contribution in [-0.4, -0.2) is 16.7 Å². The van der Waals surface area contributed by atoms with Gasteiger partial charge in [-0.1, -0.05) is 36.2 Å². The zero-order valence-electron chi connectivity index (χ0n) is 12.1. The molecule has 1 fully saturated rings. The predicted octanol–water partition coefficient (Wildman–Crippen LogP) is 3.15. The van der Waals surface area contributed by atoms with Gasteiger partial charge in [-0.25, -0.2) is 0 Å². The number of benzene rings is 1. The highest BCUT2D eigenvalue weighted by Gasteiger charge is 2.36. The molecule has 1 aliphatic heterocycles. The summed E-state index contributed by atoms with van der Waals surface area (Å²) in [4.78, 5) is 4.51. The molecule has 22 heavy (non-hydrogen) atoms. The van der Waals surface area contributed by atoms with E-state index in [2.05, 4.69) is 10.1 Å². The molecule has 0 amide bonds. The highest BCUT2D eigenvalue weighted by molar-refractivity contribution is 5.85. The van der Waals surface area contributed by atoms with Crippen molar-refractivity contribution in [3.63, 3.8) is 0 Å². The SMILES string of the molecule is Cl.NC1(c2noc(C3=Cc4ccccc4OC3)n2)CCCC1. The van der Waals surface area contributed by atoms with Crippen molar-refractivity contribution in [3.8, 4) is 5.75 Å². The van der Waals surface area contributed by atoms with E-state index >= 15 is 0 Å². The number of fused-ring (bicyclic) bond motifs is 1. The van der Waals surface area contributed by atoms with E-state index in [4.69, 9.17) is 15.0 Å². The van der Waals surface area contributed by atoms with Crippen LogP contribution in [0.1, 0.15) is 43.0 Å². The molecule has 2 aromatic rings. The monoisotopic (exact) mass is 319 g/mol. The van der Waals surface area contributed by atoms with Gasteiger partial charge in [-0.3, -0.25) is 0 Å². The van der Waals surface area contributed by atoms with E-state index in [9.17, 15) is 0 Å². The third-order valence-electron chi connectivity index (χ3n) is 4.27. The summed E-state index contributed by atoms with van der Waals surface area (Å²) < 4.78 is 11.1. The van der Waals surface area contributed by atoms with Gasteiger partial charge in [0.1, 0.15) is 12.4 Å². The number of nitrogens with two attached hydrogens (primary N) is 1. The zero-order valence-corrected chi connectivity index (χ0v) is 12.9. The Morgan fingerprint density at radius 2 is 1.91 bits per heavy atom. The van der Waals surface area contributed by atoms with E-state index < -0.39 is 5.54 Å². The number of ether oxygens (including phenoxy) is 1. The number of halogens is 1. The first kappa shape index (κ1) is 15.1. The number of nitrogens with zero attached hydrogens (tertiary/aromatic N) is 2. The van der Waals surface area contributed by atoms with Crippen LogP contribution in [0, 0.1) is 0 Å². The minimum Gasteiger partial charge on any atom is -0.488 e. The summed E-state index contributed by atoms with van der Waals surface area (Å²) in [6, 6.07) is 7.90. The second-order valence-electron chi connectivity index (χ2n) is 5.78. The molecule has 0 bridgehead atoms. The van der Waals surface area contributed by atoms with Crippen LogP contribution in [0.4, 0.5) is 0 Å². The van der Waals surface area contributed by atoms with Gasteiger partial charge in [0.25, 0.3) is 5.89 Å². The molecule has 6 heteroatoms. The Balaban J connectivity index is 0.00000144. The first-order chi connectivity index (χ1) is 10.2. The molecule has 0 radical (unpaired) electrons. The summed E-state index contributed by atoms with van der Waals surface area (Å²) in [5.41, 5.74) is 7.87. The Bertz CT molecular complexity index is 705. The molecule has 1 aromatic heterocycles. The summed E-state index contributed by atoms with van der Waals surface area (Å²) in [5.74, 6) is 2.01. The minimum atomic E-state index is -0.421. The Morgan fingerprint density at radius 3 is 2.73 bits per heavy atom. The highest BCUT2D eigenvalue weighted by Crippen LogP contribution is 2.36. The van der Waals surface area contributed by atoms with Crippen LogP contribution in [-0.2, 0) is 5.54 Å². The first-order valence-electron chi connectivity index (χ1n) is 7.30. The van der Waals surface area contributed by atoms with Crippen LogP contribution in [0.5, 0.6) is 5.75 Å². The standard InChI is InChI=1S/C16H17N3O2.ClH/c17-16(7-3-4-8-16)15-18-14(21-19-15)12-9-11-5-1-2-6-13(11)20-10-12;/h1-2,5-6,9H,3-4,7-8,10,17H2;1H. The lowest BCUT2D eigenvalue weighted by atomic mass is 9.98. The molecule has 0 spiro atoms. The third kappa shape index (κ3) is 2.51. The van der Waals surface area contributed by atoms with Crippen molar-refractivity contribution in [1.82, 2.24) is 10.1 Å². The van der Waals surface area contributed by atoms with Gasteiger partial charge in [0, 0.05) is 5.56 Å². The number of hydrogen-bond donors (Lipinski definition) is 1. The van der Waals surface area contributed by atoms with Crippen molar-refractivity contribution in [2.24, 2.45) is 5.73 Å². The Morgan fingerprint density at radius 1 is 1.14 bits per heavy atom. The van der Waals surface area contributed by atoms with Gasteiger partial charge < -0.3 is 15.0 Å². The van der Waals surface area contributed by atoms with Gasteiger partial charge in [0.2, 0.25) is 0 Å². The second-order valence-corrected chi connectivity index (χ2v) is 5.78. The summed E-state index contributed by atoms with van der Waals surface area (Å²) in [5, 5.41) is 4.09. The number of aromatic nitrogens is 2. The van der Waals surface area contributed by atoms with Gasteiger partial charge in [-0.15, -0.1) is 12.4 Å². The average Bonchev–Trinajstić information content (AvgIpc) is 3.17. The molecular formula is C16H18ClN3O2. The molecule has 2 heterocycles. The topological polar surface area (TPSA) is 74.2 Å². The molecule has 5 nitrogen and oxygen atoms in total. The van der Waals surface area contributed by atoms with Crippen LogP contribution in [0.15, 0.2) is 28.8 Å². The Kier molecular flexibility index (Phi) is 3.93. The zero-order chi connectivity index (χ0) is 14.3. The quantitative estimate of drug-likeness (QED) is 0.920. The molecule has 1 saturated carbocycles. The molecule has 0 saturated heterocycles. The lowest BCUT2D eigenvalue weighted by molar-refractivity contribution is 0.343. The van der Waals surface area contributed by atoms with E-state index in [1.165, 1.54) is 0 Å². The van der Waals surface area contributed by atoms with E-state index in [-0.39, 0.29) is 12.4 Å². The predicted molar refractivity (Wildman–Crippen MR) is 85.7 cm³/mol. The van der Waals surface area contributed by atoms with Crippen molar-refractivity contribution in [1.29, 1.82) is 0 Å². The summed E-state index contributed by atoms with van der Waals surface area (Å²) in [7, 11) is 0. The molecule has 0 unspecified atom stereocenters. The van der Waals surface area contributed by atoms with E-state index in [0.717, 1.165) is 42.6 Å². The van der Waals surface area contributed by atoms with Crippen LogP contribution < -0.4 is 10.5 Å².